The van der Waals surface area contributed by atoms with E-state index in [2.05, 4.69) is 4.98 Å². The van der Waals surface area contributed by atoms with Crippen molar-refractivity contribution in [2.75, 3.05) is 17.2 Å². The van der Waals surface area contributed by atoms with E-state index >= 15 is 0 Å². The number of carbonyl (C=O) groups excluding carboxylic acids is 1. The van der Waals surface area contributed by atoms with Crippen molar-refractivity contribution in [3.63, 3.8) is 0 Å². The number of carbonyl (C=O) groups is 1. The number of nitrogen functional groups attached to an aromatic ring is 1. The number of anilines is 2. The van der Waals surface area contributed by atoms with E-state index in [1.165, 1.54) is 0 Å². The van der Waals surface area contributed by atoms with E-state index in [1.54, 1.807) is 35.5 Å². The van der Waals surface area contributed by atoms with Crippen LogP contribution < -0.4 is 15.4 Å². The Morgan fingerprint density at radius 1 is 1.37 bits per heavy atom. The molecule has 0 radical (unpaired) electrons. The summed E-state index contributed by atoms with van der Waals surface area (Å²) in [4.78, 5) is 17.7. The molecule has 19 heavy (non-hydrogen) atoms. The van der Waals surface area contributed by atoms with Crippen molar-refractivity contribution >= 4 is 17.3 Å². The summed E-state index contributed by atoms with van der Waals surface area (Å²) in [5.74, 6) is 0.597. The molecule has 2 aromatic rings. The molecule has 3 rings (SSSR count). The molecule has 5 heteroatoms. The van der Waals surface area contributed by atoms with Crippen molar-refractivity contribution in [2.45, 2.75) is 6.54 Å². The van der Waals surface area contributed by atoms with Crippen molar-refractivity contribution in [2.24, 2.45) is 0 Å². The second-order valence-corrected chi connectivity index (χ2v) is 4.36. The lowest BCUT2D eigenvalue weighted by Gasteiger charge is -2.29. The lowest BCUT2D eigenvalue weighted by Crippen LogP contribution is -2.38. The van der Waals surface area contributed by atoms with E-state index in [1.807, 2.05) is 12.1 Å². The molecule has 96 valence electrons. The summed E-state index contributed by atoms with van der Waals surface area (Å²) in [6.07, 6.45) is 3.45. The minimum atomic E-state index is -0.0815. The highest BCUT2D eigenvalue weighted by Gasteiger charge is 2.25. The summed E-state index contributed by atoms with van der Waals surface area (Å²) in [6, 6.07) is 9.08. The Balaban J connectivity index is 1.97. The molecule has 2 N–H and O–H groups in total. The van der Waals surface area contributed by atoms with Gasteiger partial charge in [-0.3, -0.25) is 9.78 Å². The van der Waals surface area contributed by atoms with E-state index in [0.717, 1.165) is 5.56 Å². The van der Waals surface area contributed by atoms with Gasteiger partial charge in [0.1, 0.15) is 5.75 Å². The third-order valence-electron chi connectivity index (χ3n) is 2.99. The van der Waals surface area contributed by atoms with Gasteiger partial charge in [-0.15, -0.1) is 0 Å². The number of benzene rings is 1. The molecule has 1 amide bonds. The molecule has 5 nitrogen and oxygen atoms in total. The molecule has 1 aromatic heterocycles. The molecule has 0 unspecified atom stereocenters. The van der Waals surface area contributed by atoms with Gasteiger partial charge in [0.05, 0.1) is 12.2 Å². The van der Waals surface area contributed by atoms with Gasteiger partial charge < -0.3 is 15.4 Å². The number of amides is 1. The highest BCUT2D eigenvalue weighted by Crippen LogP contribution is 2.34. The Kier molecular flexibility index (Phi) is 2.79. The van der Waals surface area contributed by atoms with Crippen LogP contribution in [0.3, 0.4) is 0 Å². The first-order chi connectivity index (χ1) is 9.24. The minimum absolute atomic E-state index is 0.0528. The fourth-order valence-electron chi connectivity index (χ4n) is 2.07. The largest absolute Gasteiger partial charge is 0.482 e. The number of hydrogen-bond acceptors (Lipinski definition) is 4. The van der Waals surface area contributed by atoms with Crippen molar-refractivity contribution < 1.29 is 9.53 Å². The summed E-state index contributed by atoms with van der Waals surface area (Å²) in [7, 11) is 0. The normalized spacial score (nSPS) is 13.9. The van der Waals surface area contributed by atoms with Crippen LogP contribution in [0.15, 0.2) is 42.7 Å². The van der Waals surface area contributed by atoms with Crippen LogP contribution in [0.1, 0.15) is 5.56 Å². The first-order valence-corrected chi connectivity index (χ1v) is 5.95. The number of pyridine rings is 1. The molecule has 0 fully saturated rings. The van der Waals surface area contributed by atoms with E-state index in [0.29, 0.717) is 23.7 Å². The van der Waals surface area contributed by atoms with Crippen LogP contribution in [0.5, 0.6) is 5.75 Å². The topological polar surface area (TPSA) is 68.5 Å². The Bertz CT molecular complexity index is 613. The van der Waals surface area contributed by atoms with Gasteiger partial charge in [-0.2, -0.15) is 0 Å². The SMILES string of the molecule is Nc1ccc2c(c1)N(Cc1cccnc1)C(=O)CO2. The zero-order valence-corrected chi connectivity index (χ0v) is 10.2. The van der Waals surface area contributed by atoms with Gasteiger partial charge in [0.2, 0.25) is 0 Å². The zero-order valence-electron chi connectivity index (χ0n) is 10.2. The van der Waals surface area contributed by atoms with E-state index in [4.69, 9.17) is 10.5 Å². The number of aromatic nitrogens is 1. The number of nitrogens with two attached hydrogens (primary N) is 1. The van der Waals surface area contributed by atoms with Crippen LogP contribution in [-0.4, -0.2) is 17.5 Å². The van der Waals surface area contributed by atoms with E-state index in [-0.39, 0.29) is 12.5 Å². The van der Waals surface area contributed by atoms with Crippen LogP contribution in [-0.2, 0) is 11.3 Å². The highest BCUT2D eigenvalue weighted by atomic mass is 16.5. The summed E-state index contributed by atoms with van der Waals surface area (Å²) in [5, 5.41) is 0. The summed E-state index contributed by atoms with van der Waals surface area (Å²) in [6.45, 7) is 0.518. The quantitative estimate of drug-likeness (QED) is 0.827. The standard InChI is InChI=1S/C14H13N3O2/c15-11-3-4-13-12(6-11)17(14(18)9-19-13)8-10-2-1-5-16-7-10/h1-7H,8-9,15H2. The molecule has 0 atom stereocenters. The number of nitrogens with zero attached hydrogens (tertiary/aromatic N) is 2. The average Bonchev–Trinajstić information content (AvgIpc) is 2.43. The number of ether oxygens (including phenoxy) is 1. The maximum atomic E-state index is 12.0. The van der Waals surface area contributed by atoms with Crippen LogP contribution >= 0.6 is 0 Å². The molecule has 0 spiro atoms. The number of fused-ring (bicyclic) bond motifs is 1. The Morgan fingerprint density at radius 3 is 3.05 bits per heavy atom. The van der Waals surface area contributed by atoms with Crippen molar-refractivity contribution in [1.29, 1.82) is 0 Å². The molecule has 1 aromatic carbocycles. The molecule has 1 aliphatic rings. The predicted molar refractivity (Wildman–Crippen MR) is 71.8 cm³/mol. The summed E-state index contributed by atoms with van der Waals surface area (Å²) >= 11 is 0. The molecule has 1 aliphatic heterocycles. The van der Waals surface area contributed by atoms with Crippen molar-refractivity contribution in [3.05, 3.63) is 48.3 Å². The second kappa shape index (κ2) is 4.61. The molecular weight excluding hydrogens is 242 g/mol. The minimum Gasteiger partial charge on any atom is -0.482 e. The van der Waals surface area contributed by atoms with Gasteiger partial charge in [-0.1, -0.05) is 6.07 Å². The summed E-state index contributed by atoms with van der Waals surface area (Å²) < 4.78 is 5.40. The molecule has 0 saturated heterocycles. The van der Waals surface area contributed by atoms with E-state index < -0.39 is 0 Å². The molecule has 0 saturated carbocycles. The monoisotopic (exact) mass is 255 g/mol. The summed E-state index contributed by atoms with van der Waals surface area (Å²) in [5.41, 5.74) is 8.05. The lowest BCUT2D eigenvalue weighted by molar-refractivity contribution is -0.121. The molecule has 0 aliphatic carbocycles. The molecule has 2 heterocycles. The highest BCUT2D eigenvalue weighted by molar-refractivity contribution is 5.98. The van der Waals surface area contributed by atoms with Crippen molar-refractivity contribution in [3.8, 4) is 5.75 Å². The van der Waals surface area contributed by atoms with E-state index in [9.17, 15) is 4.79 Å². The van der Waals surface area contributed by atoms with Crippen LogP contribution in [0.4, 0.5) is 11.4 Å². The molecular formula is C14H13N3O2. The smallest absolute Gasteiger partial charge is 0.265 e. The second-order valence-electron chi connectivity index (χ2n) is 4.36. The van der Waals surface area contributed by atoms with Crippen molar-refractivity contribution in [1.82, 2.24) is 4.98 Å². The number of hydrogen-bond donors (Lipinski definition) is 1. The van der Waals surface area contributed by atoms with Gasteiger partial charge in [-0.05, 0) is 29.8 Å². The van der Waals surface area contributed by atoms with Gasteiger partial charge in [0.25, 0.3) is 5.91 Å². The fourth-order valence-corrected chi connectivity index (χ4v) is 2.07. The van der Waals surface area contributed by atoms with Gasteiger partial charge in [0, 0.05) is 18.1 Å². The molecule has 0 bridgehead atoms. The van der Waals surface area contributed by atoms with Crippen LogP contribution in [0.25, 0.3) is 0 Å². The van der Waals surface area contributed by atoms with Gasteiger partial charge in [-0.25, -0.2) is 0 Å². The van der Waals surface area contributed by atoms with Gasteiger partial charge in [0.15, 0.2) is 6.61 Å². The zero-order chi connectivity index (χ0) is 13.2. The van der Waals surface area contributed by atoms with Crippen LogP contribution in [0.2, 0.25) is 0 Å². The Morgan fingerprint density at radius 2 is 2.26 bits per heavy atom. The maximum Gasteiger partial charge on any atom is 0.265 e. The Hall–Kier alpha value is -2.56. The van der Waals surface area contributed by atoms with Gasteiger partial charge >= 0.3 is 0 Å². The third-order valence-corrected chi connectivity index (χ3v) is 2.99. The maximum absolute atomic E-state index is 12.0. The first-order valence-electron chi connectivity index (χ1n) is 5.95. The van der Waals surface area contributed by atoms with Crippen LogP contribution in [0, 0.1) is 0 Å². The first kappa shape index (κ1) is 11.5. The third kappa shape index (κ3) is 2.22. The predicted octanol–water partition coefficient (Wildman–Crippen LogP) is 1.59. The number of rotatable bonds is 2. The average molecular weight is 255 g/mol. The fraction of sp³-hybridized carbons (Fsp3) is 0.143. The lowest BCUT2D eigenvalue weighted by atomic mass is 10.2. The Labute approximate surface area is 110 Å².